The number of rotatable bonds is 7. The van der Waals surface area contributed by atoms with Crippen LogP contribution >= 0.6 is 0 Å². The Morgan fingerprint density at radius 1 is 1.18 bits per heavy atom. The van der Waals surface area contributed by atoms with Gasteiger partial charge in [-0.2, -0.15) is 5.26 Å². The molecule has 2 fully saturated rings. The largest absolute Gasteiger partial charge is 0.474 e. The second-order valence-corrected chi connectivity index (χ2v) is 11.3. The summed E-state index contributed by atoms with van der Waals surface area (Å²) in [5.74, 6) is 1.14. The van der Waals surface area contributed by atoms with E-state index in [-0.39, 0.29) is 12.7 Å². The Morgan fingerprint density at radius 3 is 2.69 bits per heavy atom. The summed E-state index contributed by atoms with van der Waals surface area (Å²) in [6.45, 7) is 8.75. The van der Waals surface area contributed by atoms with E-state index in [1.54, 1.807) is 6.20 Å². The minimum absolute atomic E-state index is 0.0110. The van der Waals surface area contributed by atoms with Crippen molar-refractivity contribution in [1.29, 1.82) is 5.26 Å². The van der Waals surface area contributed by atoms with Crippen molar-refractivity contribution in [3.8, 4) is 23.2 Å². The van der Waals surface area contributed by atoms with Crippen LogP contribution in [0.4, 0.5) is 17.3 Å². The summed E-state index contributed by atoms with van der Waals surface area (Å²) in [6.07, 6.45) is 6.69. The third-order valence-corrected chi connectivity index (χ3v) is 8.29. The van der Waals surface area contributed by atoms with E-state index in [1.165, 1.54) is 12.8 Å². The Kier molecular flexibility index (Phi) is 6.61. The number of likely N-dealkylation sites (tertiary alicyclic amines) is 1. The van der Waals surface area contributed by atoms with Gasteiger partial charge in [0.05, 0.1) is 34.9 Å². The summed E-state index contributed by atoms with van der Waals surface area (Å²) in [4.78, 5) is 16.6. The number of aromatic nitrogens is 3. The van der Waals surface area contributed by atoms with Crippen molar-refractivity contribution in [3.05, 3.63) is 52.8 Å². The van der Waals surface area contributed by atoms with Crippen LogP contribution in [0.1, 0.15) is 55.0 Å². The van der Waals surface area contributed by atoms with Gasteiger partial charge in [0.2, 0.25) is 11.8 Å². The fourth-order valence-electron chi connectivity index (χ4n) is 5.65. The van der Waals surface area contributed by atoms with E-state index in [2.05, 4.69) is 26.6 Å². The lowest BCUT2D eigenvalue weighted by Gasteiger charge is -2.32. The van der Waals surface area contributed by atoms with Gasteiger partial charge in [-0.15, -0.1) is 0 Å². The van der Waals surface area contributed by atoms with Crippen LogP contribution in [0.5, 0.6) is 5.88 Å². The van der Waals surface area contributed by atoms with Crippen molar-refractivity contribution in [2.24, 2.45) is 0 Å². The van der Waals surface area contributed by atoms with Gasteiger partial charge in [-0.25, -0.2) is 15.0 Å². The van der Waals surface area contributed by atoms with Crippen molar-refractivity contribution < 1.29 is 9.84 Å². The van der Waals surface area contributed by atoms with Gasteiger partial charge in [-0.1, -0.05) is 6.92 Å². The molecule has 3 aliphatic rings. The number of nitrogens with one attached hydrogen (secondary N) is 2. The fraction of sp³-hybridized carbons (Fsp3) is 0.467. The van der Waals surface area contributed by atoms with Crippen molar-refractivity contribution in [2.45, 2.75) is 64.0 Å². The van der Waals surface area contributed by atoms with Crippen molar-refractivity contribution >= 4 is 17.3 Å². The Bertz CT molecular complexity index is 1440. The Labute approximate surface area is 229 Å². The molecule has 6 rings (SSSR count). The molecule has 1 saturated heterocycles. The number of nitriles is 1. The van der Waals surface area contributed by atoms with Gasteiger partial charge >= 0.3 is 0 Å². The molecule has 202 valence electrons. The predicted molar refractivity (Wildman–Crippen MR) is 150 cm³/mol. The van der Waals surface area contributed by atoms with Crippen LogP contribution in [-0.2, 0) is 5.41 Å². The molecule has 4 heterocycles. The maximum atomic E-state index is 10.0. The highest BCUT2D eigenvalue weighted by Crippen LogP contribution is 2.41. The molecule has 1 saturated carbocycles. The van der Waals surface area contributed by atoms with Gasteiger partial charge in [0, 0.05) is 48.4 Å². The minimum Gasteiger partial charge on any atom is -0.474 e. The number of pyridine rings is 1. The lowest BCUT2D eigenvalue weighted by molar-refractivity contribution is 0.0923. The molecule has 0 unspecified atom stereocenters. The van der Waals surface area contributed by atoms with Crippen LogP contribution in [0.2, 0.25) is 0 Å². The van der Waals surface area contributed by atoms with Crippen molar-refractivity contribution in [1.82, 2.24) is 19.9 Å². The third-order valence-electron chi connectivity index (χ3n) is 8.29. The molecule has 3 aromatic rings. The van der Waals surface area contributed by atoms with Crippen LogP contribution in [0.15, 0.2) is 30.5 Å². The van der Waals surface area contributed by atoms with E-state index in [1.807, 2.05) is 45.0 Å². The molecule has 0 bridgehead atoms. The van der Waals surface area contributed by atoms with E-state index < -0.39 is 5.41 Å². The van der Waals surface area contributed by atoms with E-state index in [9.17, 15) is 10.4 Å². The number of aryl methyl sites for hydroxylation is 2. The van der Waals surface area contributed by atoms with Crippen molar-refractivity contribution in [2.75, 3.05) is 36.9 Å². The fourth-order valence-corrected chi connectivity index (χ4v) is 5.65. The molecule has 0 radical (unpaired) electrons. The van der Waals surface area contributed by atoms with Gasteiger partial charge in [0.25, 0.3) is 0 Å². The van der Waals surface area contributed by atoms with Gasteiger partial charge in [0.15, 0.2) is 0 Å². The number of anilines is 3. The standard InChI is InChI=1S/C30H35N7O2/c1-18-12-26(19(2)34-28(18)39-23-7-10-37(11-8-23)22-4-5-22)36-29-32-9-6-25(35-29)20-13-21(15-31)27-24(14-20)30(3,17-38)16-33-27/h6,9,12-14,22-23,33,38H,4-5,7-8,10-11,16-17H2,1-3H3,(H,32,35,36)/t30-/m1/s1. The number of nitrogens with zero attached hydrogens (tertiary/aromatic N) is 5. The number of benzene rings is 1. The van der Waals surface area contributed by atoms with Crippen LogP contribution in [-0.4, -0.2) is 63.3 Å². The first kappa shape index (κ1) is 25.5. The Balaban J connectivity index is 1.20. The van der Waals surface area contributed by atoms with Gasteiger partial charge in [-0.3, -0.25) is 0 Å². The number of hydrogen-bond donors (Lipinski definition) is 3. The summed E-state index contributed by atoms with van der Waals surface area (Å²) >= 11 is 0. The number of piperidine rings is 1. The molecule has 1 aromatic carbocycles. The molecule has 0 spiro atoms. The van der Waals surface area contributed by atoms with Crippen LogP contribution < -0.4 is 15.4 Å². The number of aliphatic hydroxyl groups is 1. The van der Waals surface area contributed by atoms with E-state index >= 15 is 0 Å². The average molecular weight is 526 g/mol. The van der Waals surface area contributed by atoms with Crippen molar-refractivity contribution in [3.63, 3.8) is 0 Å². The Hall–Kier alpha value is -3.74. The Morgan fingerprint density at radius 2 is 1.97 bits per heavy atom. The predicted octanol–water partition coefficient (Wildman–Crippen LogP) is 4.45. The summed E-state index contributed by atoms with van der Waals surface area (Å²) in [5, 5.41) is 26.4. The average Bonchev–Trinajstić information content (AvgIpc) is 3.75. The monoisotopic (exact) mass is 525 g/mol. The SMILES string of the molecule is Cc1cc(Nc2nccc(-c3cc(C#N)c4c(c3)[C@@](C)(CO)CN4)n2)c(C)nc1OC1CCN(C2CC2)CC1. The number of hydrogen-bond acceptors (Lipinski definition) is 9. The molecule has 2 aromatic heterocycles. The zero-order valence-electron chi connectivity index (χ0n) is 22.8. The van der Waals surface area contributed by atoms with Crippen LogP contribution in [0.25, 0.3) is 11.3 Å². The van der Waals surface area contributed by atoms with Gasteiger partial charge in [0.1, 0.15) is 12.2 Å². The second-order valence-electron chi connectivity index (χ2n) is 11.3. The molecule has 0 amide bonds. The van der Waals surface area contributed by atoms with Gasteiger partial charge < -0.3 is 25.4 Å². The van der Waals surface area contributed by atoms with Gasteiger partial charge in [-0.05, 0) is 69.4 Å². The first-order valence-electron chi connectivity index (χ1n) is 13.8. The minimum atomic E-state index is -0.455. The number of fused-ring (bicyclic) bond motifs is 1. The van der Waals surface area contributed by atoms with E-state index in [0.717, 1.165) is 65.7 Å². The summed E-state index contributed by atoms with van der Waals surface area (Å²) in [6, 6.07) is 10.8. The maximum Gasteiger partial charge on any atom is 0.227 e. The molecule has 9 nitrogen and oxygen atoms in total. The quantitative estimate of drug-likeness (QED) is 0.411. The molecule has 1 aliphatic carbocycles. The normalized spacial score (nSPS) is 21.2. The highest BCUT2D eigenvalue weighted by atomic mass is 16.5. The second kappa shape index (κ2) is 10.1. The van der Waals surface area contributed by atoms with E-state index in [4.69, 9.17) is 14.7 Å². The number of ether oxygens (including phenoxy) is 1. The van der Waals surface area contributed by atoms with Crippen LogP contribution in [0, 0.1) is 25.2 Å². The highest BCUT2D eigenvalue weighted by Gasteiger charge is 2.36. The lowest BCUT2D eigenvalue weighted by Crippen LogP contribution is -2.39. The molecule has 2 aliphatic heterocycles. The third kappa shape index (κ3) is 5.02. The summed E-state index contributed by atoms with van der Waals surface area (Å²) in [5.41, 5.74) is 5.91. The molecular weight excluding hydrogens is 490 g/mol. The molecular formula is C30H35N7O2. The summed E-state index contributed by atoms with van der Waals surface area (Å²) < 4.78 is 6.34. The smallest absolute Gasteiger partial charge is 0.227 e. The topological polar surface area (TPSA) is 119 Å². The highest BCUT2D eigenvalue weighted by molar-refractivity contribution is 5.76. The molecule has 39 heavy (non-hydrogen) atoms. The molecule has 9 heteroatoms. The molecule has 1 atom stereocenters. The van der Waals surface area contributed by atoms with E-state index in [0.29, 0.717) is 29.6 Å². The zero-order valence-corrected chi connectivity index (χ0v) is 22.8. The molecule has 3 N–H and O–H groups in total. The summed E-state index contributed by atoms with van der Waals surface area (Å²) in [7, 11) is 0. The zero-order chi connectivity index (χ0) is 27.1. The van der Waals surface area contributed by atoms with Crippen LogP contribution in [0.3, 0.4) is 0 Å². The first-order valence-corrected chi connectivity index (χ1v) is 13.8. The number of aliphatic hydroxyl groups excluding tert-OH is 1. The maximum absolute atomic E-state index is 10.0. The first-order chi connectivity index (χ1) is 18.9. The lowest BCUT2D eigenvalue weighted by atomic mass is 9.83.